The molecule has 306 valence electrons. The first kappa shape index (κ1) is 37.5. The van der Waals surface area contributed by atoms with Gasteiger partial charge in [-0.3, -0.25) is 13.7 Å². The van der Waals surface area contributed by atoms with E-state index in [9.17, 15) is 0 Å². The highest BCUT2D eigenvalue weighted by Gasteiger charge is 2.23. The van der Waals surface area contributed by atoms with Crippen molar-refractivity contribution in [1.29, 1.82) is 0 Å². The van der Waals surface area contributed by atoms with E-state index in [0.717, 1.165) is 94.6 Å². The van der Waals surface area contributed by atoms with Crippen molar-refractivity contribution in [2.24, 2.45) is 0 Å². The van der Waals surface area contributed by atoms with E-state index in [1.165, 1.54) is 10.9 Å². The zero-order chi connectivity index (χ0) is 42.9. The highest BCUT2D eigenvalue weighted by atomic mass is 16.5. The number of benzene rings is 8. The Hall–Kier alpha value is -8.22. The van der Waals surface area contributed by atoms with Crippen LogP contribution in [0.5, 0.6) is 11.5 Å². The summed E-state index contributed by atoms with van der Waals surface area (Å²) in [6.45, 7) is 6.70. The van der Waals surface area contributed by atoms with Crippen LogP contribution >= 0.6 is 0 Å². The second-order valence-electron chi connectivity index (χ2n) is 17.4. The molecule has 64 heavy (non-hydrogen) atoms. The molecule has 0 unspecified atom stereocenters. The molecule has 12 rings (SSSR count). The number of ether oxygens (including phenoxy) is 1. The third-order valence-corrected chi connectivity index (χ3v) is 12.4. The molecule has 0 spiro atoms. The SMILES string of the molecule is CC(C)(C)c1ccnc(-n2c3ccccc3c3ccc(Oc4cccc(-n5[c-][n+](-c6c(-c7ccccc7)cccc6-c6ccccc6)c6cc7c(cc65)oc5ccccc57)c4)cc32)c1. The fourth-order valence-electron chi connectivity index (χ4n) is 9.26. The molecule has 0 radical (unpaired) electrons. The minimum atomic E-state index is -0.0228. The van der Waals surface area contributed by atoms with Crippen molar-refractivity contribution < 1.29 is 13.7 Å². The predicted molar refractivity (Wildman–Crippen MR) is 259 cm³/mol. The number of nitrogens with zero attached hydrogens (tertiary/aromatic N) is 4. The average Bonchev–Trinajstić information content (AvgIpc) is 4.00. The number of furan rings is 1. The molecule has 4 aromatic heterocycles. The maximum atomic E-state index is 6.79. The van der Waals surface area contributed by atoms with Gasteiger partial charge in [0.2, 0.25) is 0 Å². The van der Waals surface area contributed by atoms with Gasteiger partial charge in [0.1, 0.15) is 28.5 Å². The number of para-hydroxylation sites is 3. The Morgan fingerprint density at radius 2 is 1.20 bits per heavy atom. The highest BCUT2D eigenvalue weighted by molar-refractivity contribution is 6.10. The first-order chi connectivity index (χ1) is 31.4. The first-order valence-electron chi connectivity index (χ1n) is 21.7. The van der Waals surface area contributed by atoms with Crippen LogP contribution in [0, 0.1) is 6.33 Å². The Kier molecular flexibility index (Phi) is 8.63. The second-order valence-corrected chi connectivity index (χ2v) is 17.4. The number of aromatic nitrogens is 4. The summed E-state index contributed by atoms with van der Waals surface area (Å²) in [4.78, 5) is 4.89. The molecule has 0 saturated heterocycles. The van der Waals surface area contributed by atoms with Gasteiger partial charge in [-0.05, 0) is 100.0 Å². The van der Waals surface area contributed by atoms with Crippen LogP contribution in [0.25, 0.3) is 94.2 Å². The standard InChI is InChI=1S/C58H42N4O2/c1-58(2,3)40-30-31-59-56(32-40)62-50-26-12-10-22-46(50)47-29-28-43(34-51(47)62)63-42-21-14-20-41(33-42)60-37-61(52-35-49-48-23-11-13-27-54(48)64-55(49)36-53(52)60)57-44(38-16-6-4-7-17-38)24-15-25-45(57)39-18-8-5-9-19-39/h4-36H,1-3H3. The summed E-state index contributed by atoms with van der Waals surface area (Å²) in [6, 6.07) is 67.8. The number of rotatable bonds is 7. The Morgan fingerprint density at radius 3 is 1.97 bits per heavy atom. The lowest BCUT2D eigenvalue weighted by Gasteiger charge is -2.20. The van der Waals surface area contributed by atoms with Gasteiger partial charge in [0.25, 0.3) is 6.33 Å². The molecule has 0 bridgehead atoms. The Labute approximate surface area is 370 Å². The number of fused-ring (bicyclic) bond motifs is 7. The normalized spacial score (nSPS) is 12.0. The molecule has 12 aromatic rings. The summed E-state index contributed by atoms with van der Waals surface area (Å²) in [5, 5.41) is 4.43. The fourth-order valence-corrected chi connectivity index (χ4v) is 9.26. The van der Waals surface area contributed by atoms with Crippen LogP contribution < -0.4 is 9.30 Å². The van der Waals surface area contributed by atoms with Crippen molar-refractivity contribution in [2.45, 2.75) is 26.2 Å². The smallest absolute Gasteiger partial charge is 0.269 e. The molecule has 0 saturated carbocycles. The van der Waals surface area contributed by atoms with E-state index < -0.39 is 0 Å². The third kappa shape index (κ3) is 6.25. The monoisotopic (exact) mass is 826 g/mol. The third-order valence-electron chi connectivity index (χ3n) is 12.4. The van der Waals surface area contributed by atoms with Crippen LogP contribution in [0.3, 0.4) is 0 Å². The summed E-state index contributed by atoms with van der Waals surface area (Å²) >= 11 is 0. The van der Waals surface area contributed by atoms with Gasteiger partial charge in [-0.15, -0.1) is 0 Å². The van der Waals surface area contributed by atoms with Crippen molar-refractivity contribution in [3.05, 3.63) is 212 Å². The molecule has 0 aliphatic rings. The molecule has 0 aliphatic carbocycles. The Balaban J connectivity index is 1.03. The number of hydrogen-bond acceptors (Lipinski definition) is 3. The highest BCUT2D eigenvalue weighted by Crippen LogP contribution is 2.39. The van der Waals surface area contributed by atoms with E-state index in [1.807, 2.05) is 30.5 Å². The maximum absolute atomic E-state index is 6.79. The molecule has 6 nitrogen and oxygen atoms in total. The van der Waals surface area contributed by atoms with Crippen molar-refractivity contribution in [3.63, 3.8) is 0 Å². The molecule has 0 fully saturated rings. The quantitative estimate of drug-likeness (QED) is 0.119. The van der Waals surface area contributed by atoms with Gasteiger partial charge in [-0.1, -0.05) is 142 Å². The Bertz CT molecular complexity index is 3680. The van der Waals surface area contributed by atoms with E-state index in [-0.39, 0.29) is 5.41 Å². The number of imidazole rings is 1. The van der Waals surface area contributed by atoms with E-state index >= 15 is 0 Å². The maximum Gasteiger partial charge on any atom is 0.269 e. The molecule has 0 atom stereocenters. The van der Waals surface area contributed by atoms with Crippen molar-refractivity contribution >= 4 is 54.8 Å². The van der Waals surface area contributed by atoms with Gasteiger partial charge < -0.3 is 9.15 Å². The largest absolute Gasteiger partial charge is 0.458 e. The minimum absolute atomic E-state index is 0.0228. The van der Waals surface area contributed by atoms with Crippen molar-refractivity contribution in [1.82, 2.24) is 14.1 Å². The summed E-state index contributed by atoms with van der Waals surface area (Å²) in [7, 11) is 0. The predicted octanol–water partition coefficient (Wildman–Crippen LogP) is 14.5. The van der Waals surface area contributed by atoms with Crippen LogP contribution in [0.4, 0.5) is 0 Å². The van der Waals surface area contributed by atoms with Crippen LogP contribution in [-0.4, -0.2) is 14.1 Å². The zero-order valence-electron chi connectivity index (χ0n) is 35.7. The van der Waals surface area contributed by atoms with E-state index in [1.54, 1.807) is 0 Å². The van der Waals surface area contributed by atoms with Crippen molar-refractivity contribution in [3.8, 4) is 50.9 Å². The summed E-state index contributed by atoms with van der Waals surface area (Å²) in [5.41, 5.74) is 13.3. The molecule has 0 N–H and O–H groups in total. The van der Waals surface area contributed by atoms with Crippen LogP contribution in [0.15, 0.2) is 205 Å². The lowest BCUT2D eigenvalue weighted by Crippen LogP contribution is -2.31. The van der Waals surface area contributed by atoms with E-state index in [4.69, 9.17) is 14.1 Å². The van der Waals surface area contributed by atoms with Gasteiger partial charge >= 0.3 is 0 Å². The van der Waals surface area contributed by atoms with Crippen LogP contribution in [-0.2, 0) is 5.41 Å². The molecule has 6 heteroatoms. The average molecular weight is 827 g/mol. The van der Waals surface area contributed by atoms with Crippen LogP contribution in [0.1, 0.15) is 26.3 Å². The molecular weight excluding hydrogens is 785 g/mol. The Morgan fingerprint density at radius 1 is 0.531 bits per heavy atom. The minimum Gasteiger partial charge on any atom is -0.458 e. The lowest BCUT2D eigenvalue weighted by molar-refractivity contribution is -0.571. The number of pyridine rings is 1. The van der Waals surface area contributed by atoms with Crippen LogP contribution in [0.2, 0.25) is 0 Å². The van der Waals surface area contributed by atoms with E-state index in [0.29, 0.717) is 5.75 Å². The molecule has 0 amide bonds. The van der Waals surface area contributed by atoms with Gasteiger partial charge in [0.15, 0.2) is 0 Å². The summed E-state index contributed by atoms with van der Waals surface area (Å²) < 4.78 is 19.9. The van der Waals surface area contributed by atoms with E-state index in [2.05, 4.69) is 211 Å². The van der Waals surface area contributed by atoms with Crippen molar-refractivity contribution in [2.75, 3.05) is 0 Å². The topological polar surface area (TPSA) is 49.0 Å². The fraction of sp³-hybridized carbons (Fsp3) is 0.0690. The first-order valence-corrected chi connectivity index (χ1v) is 21.7. The van der Waals surface area contributed by atoms with Gasteiger partial charge in [0, 0.05) is 33.8 Å². The molecule has 0 aliphatic heterocycles. The number of hydrogen-bond donors (Lipinski definition) is 0. The molecule has 8 aromatic carbocycles. The molecule has 4 heterocycles. The lowest BCUT2D eigenvalue weighted by atomic mass is 9.88. The summed E-state index contributed by atoms with van der Waals surface area (Å²) in [6.07, 6.45) is 5.76. The van der Waals surface area contributed by atoms with Gasteiger partial charge in [0.05, 0.1) is 33.4 Å². The van der Waals surface area contributed by atoms with Gasteiger partial charge in [-0.2, -0.15) is 0 Å². The summed E-state index contributed by atoms with van der Waals surface area (Å²) in [5.74, 6) is 2.31. The van der Waals surface area contributed by atoms with Gasteiger partial charge in [-0.25, -0.2) is 4.98 Å². The second kappa shape index (κ2) is 14.7. The zero-order valence-corrected chi connectivity index (χ0v) is 35.7. The molecular formula is C58H42N4O2.